The number of nitrogens with zero attached hydrogens (tertiary/aromatic N) is 1. The SMILES string of the molecule is CCCCCC(F)c1ccc(N2CCOC2=O)cc1.COCc1ccc(C(=O)O)s1. The molecule has 0 aliphatic carbocycles. The van der Waals surface area contributed by atoms with Crippen molar-refractivity contribution in [1.82, 2.24) is 0 Å². The lowest BCUT2D eigenvalue weighted by atomic mass is 10.0. The van der Waals surface area contributed by atoms with Crippen molar-refractivity contribution in [2.75, 3.05) is 25.2 Å². The van der Waals surface area contributed by atoms with Crippen molar-refractivity contribution in [3.05, 3.63) is 51.7 Å². The Morgan fingerprint density at radius 3 is 2.53 bits per heavy atom. The van der Waals surface area contributed by atoms with E-state index < -0.39 is 12.1 Å². The van der Waals surface area contributed by atoms with Crippen molar-refractivity contribution in [3.8, 4) is 0 Å². The zero-order valence-electron chi connectivity index (χ0n) is 17.3. The van der Waals surface area contributed by atoms with Crippen molar-refractivity contribution < 1.29 is 28.6 Å². The molecule has 0 bridgehead atoms. The van der Waals surface area contributed by atoms with Crippen LogP contribution in [0.2, 0.25) is 0 Å². The molecule has 1 fully saturated rings. The van der Waals surface area contributed by atoms with E-state index in [0.717, 1.165) is 29.8 Å². The van der Waals surface area contributed by atoms with Crippen molar-refractivity contribution in [2.24, 2.45) is 0 Å². The van der Waals surface area contributed by atoms with E-state index in [-0.39, 0.29) is 6.09 Å². The number of unbranched alkanes of at least 4 members (excludes halogenated alkanes) is 2. The Labute approximate surface area is 180 Å². The summed E-state index contributed by atoms with van der Waals surface area (Å²) in [6.07, 6.45) is 2.41. The average molecular weight is 438 g/mol. The third-order valence-corrected chi connectivity index (χ3v) is 5.59. The van der Waals surface area contributed by atoms with E-state index in [4.69, 9.17) is 14.6 Å². The zero-order chi connectivity index (χ0) is 21.9. The van der Waals surface area contributed by atoms with Crippen molar-refractivity contribution in [3.63, 3.8) is 0 Å². The molecule has 0 radical (unpaired) electrons. The van der Waals surface area contributed by atoms with Crippen molar-refractivity contribution >= 4 is 29.1 Å². The predicted molar refractivity (Wildman–Crippen MR) is 115 cm³/mol. The minimum atomic E-state index is -0.911. The molecule has 3 rings (SSSR count). The number of rotatable bonds is 9. The number of cyclic esters (lactones) is 1. The third kappa shape index (κ3) is 7.11. The molecular weight excluding hydrogens is 409 g/mol. The first kappa shape index (κ1) is 23.8. The third-order valence-electron chi connectivity index (χ3n) is 4.55. The van der Waals surface area contributed by atoms with Crippen LogP contribution in [0.1, 0.15) is 58.9 Å². The Bertz CT molecular complexity index is 808. The highest BCUT2D eigenvalue weighted by molar-refractivity contribution is 7.13. The fourth-order valence-corrected chi connectivity index (χ4v) is 3.76. The number of carbonyl (C=O) groups excluding carboxylic acids is 1. The van der Waals surface area contributed by atoms with Gasteiger partial charge in [-0.05, 0) is 36.2 Å². The van der Waals surface area contributed by atoms with Crippen LogP contribution in [-0.4, -0.2) is 37.4 Å². The Morgan fingerprint density at radius 2 is 2.00 bits per heavy atom. The van der Waals surface area contributed by atoms with Gasteiger partial charge >= 0.3 is 12.1 Å². The first-order valence-electron chi connectivity index (χ1n) is 9.95. The number of thiophene rings is 1. The van der Waals surface area contributed by atoms with Crippen LogP contribution in [0.4, 0.5) is 14.9 Å². The maximum absolute atomic E-state index is 13.9. The first-order valence-corrected chi connectivity index (χ1v) is 10.8. The Kier molecular flexibility index (Phi) is 9.76. The van der Waals surface area contributed by atoms with Gasteiger partial charge in [-0.1, -0.05) is 38.3 Å². The van der Waals surface area contributed by atoms with E-state index in [1.54, 1.807) is 48.4 Å². The zero-order valence-corrected chi connectivity index (χ0v) is 18.1. The number of aromatic carboxylic acids is 1. The van der Waals surface area contributed by atoms with Crippen LogP contribution in [0.3, 0.4) is 0 Å². The molecule has 1 aromatic heterocycles. The second-order valence-electron chi connectivity index (χ2n) is 6.82. The van der Waals surface area contributed by atoms with E-state index in [0.29, 0.717) is 36.6 Å². The molecule has 1 aliphatic rings. The molecule has 1 N–H and O–H groups in total. The number of anilines is 1. The topological polar surface area (TPSA) is 76.1 Å². The number of ether oxygens (including phenoxy) is 2. The summed E-state index contributed by atoms with van der Waals surface area (Å²) >= 11 is 1.24. The van der Waals surface area contributed by atoms with Gasteiger partial charge in [-0.2, -0.15) is 0 Å². The average Bonchev–Trinajstić information content (AvgIpc) is 3.38. The summed E-state index contributed by atoms with van der Waals surface area (Å²) in [5.74, 6) is -0.877. The minimum Gasteiger partial charge on any atom is -0.477 e. The number of alkyl halides is 1. The molecule has 1 amide bonds. The van der Waals surface area contributed by atoms with Crippen LogP contribution < -0.4 is 4.90 Å². The first-order chi connectivity index (χ1) is 14.5. The molecule has 164 valence electrons. The fourth-order valence-electron chi connectivity index (χ4n) is 2.94. The maximum Gasteiger partial charge on any atom is 0.414 e. The fraction of sp³-hybridized carbons (Fsp3) is 0.455. The highest BCUT2D eigenvalue weighted by Gasteiger charge is 2.23. The molecule has 1 atom stereocenters. The monoisotopic (exact) mass is 437 g/mol. The predicted octanol–water partition coefficient (Wildman–Crippen LogP) is 5.83. The lowest BCUT2D eigenvalue weighted by Crippen LogP contribution is -2.23. The Balaban J connectivity index is 0.000000248. The molecule has 0 saturated carbocycles. The molecule has 8 heteroatoms. The lowest BCUT2D eigenvalue weighted by molar-refractivity contribution is 0.0702. The van der Waals surface area contributed by atoms with Crippen LogP contribution in [0.25, 0.3) is 0 Å². The minimum absolute atomic E-state index is 0.326. The number of hydrogen-bond acceptors (Lipinski definition) is 5. The van der Waals surface area contributed by atoms with Gasteiger partial charge in [0.1, 0.15) is 17.7 Å². The van der Waals surface area contributed by atoms with Gasteiger partial charge in [0, 0.05) is 17.7 Å². The summed E-state index contributed by atoms with van der Waals surface area (Å²) in [7, 11) is 1.58. The summed E-state index contributed by atoms with van der Waals surface area (Å²) < 4.78 is 23.7. The molecular formula is C22H28FNO5S. The van der Waals surface area contributed by atoms with Crippen molar-refractivity contribution in [1.29, 1.82) is 0 Å². The Morgan fingerprint density at radius 1 is 1.27 bits per heavy atom. The van der Waals surface area contributed by atoms with Crippen LogP contribution in [0, 0.1) is 0 Å². The summed E-state index contributed by atoms with van der Waals surface area (Å²) in [5, 5.41) is 8.54. The van der Waals surface area contributed by atoms with Crippen LogP contribution in [-0.2, 0) is 16.1 Å². The number of halogens is 1. The van der Waals surface area contributed by atoms with E-state index in [9.17, 15) is 14.0 Å². The highest BCUT2D eigenvalue weighted by Crippen LogP contribution is 2.27. The number of methoxy groups -OCH3 is 1. The summed E-state index contributed by atoms with van der Waals surface area (Å²) in [4.78, 5) is 24.6. The maximum atomic E-state index is 13.9. The van der Waals surface area contributed by atoms with Crippen LogP contribution in [0.15, 0.2) is 36.4 Å². The van der Waals surface area contributed by atoms with Gasteiger partial charge in [-0.15, -0.1) is 11.3 Å². The van der Waals surface area contributed by atoms with Gasteiger partial charge in [-0.3, -0.25) is 4.90 Å². The van der Waals surface area contributed by atoms with Gasteiger partial charge in [0.2, 0.25) is 0 Å². The molecule has 1 saturated heterocycles. The van der Waals surface area contributed by atoms with Gasteiger partial charge in [-0.25, -0.2) is 14.0 Å². The molecule has 0 spiro atoms. The number of carbonyl (C=O) groups is 2. The van der Waals surface area contributed by atoms with E-state index in [1.807, 2.05) is 0 Å². The van der Waals surface area contributed by atoms with Gasteiger partial charge in [0.15, 0.2) is 0 Å². The van der Waals surface area contributed by atoms with Gasteiger partial charge < -0.3 is 14.6 Å². The molecule has 1 unspecified atom stereocenters. The molecule has 1 aromatic carbocycles. The molecule has 6 nitrogen and oxygen atoms in total. The summed E-state index contributed by atoms with van der Waals surface area (Å²) in [5.41, 5.74) is 1.46. The second-order valence-corrected chi connectivity index (χ2v) is 7.99. The van der Waals surface area contributed by atoms with Crippen LogP contribution >= 0.6 is 11.3 Å². The standard InChI is InChI=1S/C15H20FNO2.C7H8O3S/c1-2-3-4-5-14(16)12-6-8-13(9-7-12)17-10-11-19-15(17)18;1-10-4-5-2-3-6(11-5)7(8)9/h6-9,14H,2-5,10-11H2,1H3;2-3H,4H2,1H3,(H,8,9). The summed E-state index contributed by atoms with van der Waals surface area (Å²) in [6.45, 7) is 3.58. The largest absolute Gasteiger partial charge is 0.477 e. The van der Waals surface area contributed by atoms with Crippen molar-refractivity contribution in [2.45, 2.75) is 45.4 Å². The lowest BCUT2D eigenvalue weighted by Gasteiger charge is -2.14. The number of amides is 1. The highest BCUT2D eigenvalue weighted by atomic mass is 32.1. The number of benzene rings is 1. The molecule has 1 aliphatic heterocycles. The Hall–Kier alpha value is -2.45. The molecule has 2 aromatic rings. The number of hydrogen-bond donors (Lipinski definition) is 1. The van der Waals surface area contributed by atoms with E-state index >= 15 is 0 Å². The normalized spacial score (nSPS) is 14.1. The molecule has 30 heavy (non-hydrogen) atoms. The second kappa shape index (κ2) is 12.3. The van der Waals surface area contributed by atoms with E-state index in [1.165, 1.54) is 11.3 Å². The summed E-state index contributed by atoms with van der Waals surface area (Å²) in [6, 6.07) is 10.4. The molecule has 2 heterocycles. The number of carboxylic acids is 1. The van der Waals surface area contributed by atoms with Crippen LogP contribution in [0.5, 0.6) is 0 Å². The van der Waals surface area contributed by atoms with Gasteiger partial charge in [0.25, 0.3) is 0 Å². The quantitative estimate of drug-likeness (QED) is 0.500. The van der Waals surface area contributed by atoms with E-state index in [2.05, 4.69) is 6.92 Å². The number of carboxylic acid groups (broad SMARTS) is 1. The smallest absolute Gasteiger partial charge is 0.414 e. The van der Waals surface area contributed by atoms with Gasteiger partial charge in [0.05, 0.1) is 13.2 Å².